The smallest absolute Gasteiger partial charge is 0.119 e. The van der Waals surface area contributed by atoms with Crippen LogP contribution in [0.1, 0.15) is 44.1 Å². The first-order chi connectivity index (χ1) is 7.90. The summed E-state index contributed by atoms with van der Waals surface area (Å²) in [4.78, 5) is 0. The average molecular weight is 216 g/mol. The molecule has 0 amide bonds. The lowest BCUT2D eigenvalue weighted by atomic mass is 9.95. The summed E-state index contributed by atoms with van der Waals surface area (Å²) in [5.41, 5.74) is 2.83. The monoisotopic (exact) mass is 216 g/mol. The zero-order chi connectivity index (χ0) is 11.2. The van der Waals surface area contributed by atoms with Crippen LogP contribution in [0.3, 0.4) is 0 Å². The van der Waals surface area contributed by atoms with E-state index in [4.69, 9.17) is 4.74 Å². The highest BCUT2D eigenvalue weighted by molar-refractivity contribution is 5.66. The Hall–Kier alpha value is -1.24. The van der Waals surface area contributed by atoms with Crippen LogP contribution in [0.25, 0.3) is 5.57 Å². The van der Waals surface area contributed by atoms with Gasteiger partial charge in [0.15, 0.2) is 0 Å². The molecule has 2 rings (SSSR count). The normalized spacial score (nSPS) is 17.2. The van der Waals surface area contributed by atoms with Crippen LogP contribution in [-0.4, -0.2) is 7.11 Å². The van der Waals surface area contributed by atoms with Gasteiger partial charge in [-0.2, -0.15) is 0 Å². The van der Waals surface area contributed by atoms with E-state index < -0.39 is 0 Å². The summed E-state index contributed by atoms with van der Waals surface area (Å²) in [5.74, 6) is 0.959. The Balaban J connectivity index is 2.19. The topological polar surface area (TPSA) is 9.23 Å². The van der Waals surface area contributed by atoms with Crippen molar-refractivity contribution in [3.05, 3.63) is 35.9 Å². The molecule has 1 heteroatoms. The van der Waals surface area contributed by atoms with Crippen LogP contribution >= 0.6 is 0 Å². The number of benzene rings is 1. The first-order valence-corrected chi connectivity index (χ1v) is 6.23. The molecule has 0 saturated heterocycles. The minimum absolute atomic E-state index is 0.959. The summed E-state index contributed by atoms with van der Waals surface area (Å²) in [7, 11) is 1.73. The quantitative estimate of drug-likeness (QED) is 0.710. The number of ether oxygens (including phenoxy) is 1. The van der Waals surface area contributed by atoms with Gasteiger partial charge in [0.2, 0.25) is 0 Å². The molecule has 0 fully saturated rings. The van der Waals surface area contributed by atoms with Gasteiger partial charge >= 0.3 is 0 Å². The van der Waals surface area contributed by atoms with Crippen molar-refractivity contribution >= 4 is 5.57 Å². The summed E-state index contributed by atoms with van der Waals surface area (Å²) in [6.07, 6.45) is 10.3. The van der Waals surface area contributed by atoms with E-state index in [-0.39, 0.29) is 0 Å². The Labute approximate surface area is 98.1 Å². The van der Waals surface area contributed by atoms with Crippen molar-refractivity contribution in [1.29, 1.82) is 0 Å². The second-order valence-corrected chi connectivity index (χ2v) is 4.41. The maximum absolute atomic E-state index is 5.27. The third kappa shape index (κ3) is 2.88. The number of hydrogen-bond acceptors (Lipinski definition) is 1. The van der Waals surface area contributed by atoms with Crippen molar-refractivity contribution in [2.24, 2.45) is 0 Å². The van der Waals surface area contributed by atoms with E-state index in [2.05, 4.69) is 24.3 Å². The highest BCUT2D eigenvalue weighted by Gasteiger charge is 2.05. The molecule has 0 saturated carbocycles. The summed E-state index contributed by atoms with van der Waals surface area (Å²) < 4.78 is 5.27. The van der Waals surface area contributed by atoms with Crippen LogP contribution in [0.2, 0.25) is 0 Å². The fraction of sp³-hybridized carbons (Fsp3) is 0.467. The molecule has 0 radical (unpaired) electrons. The Bertz CT molecular complexity index is 365. The predicted octanol–water partition coefficient (Wildman–Crippen LogP) is 4.43. The lowest BCUT2D eigenvalue weighted by molar-refractivity contribution is 0.414. The van der Waals surface area contributed by atoms with E-state index in [9.17, 15) is 0 Å². The zero-order valence-corrected chi connectivity index (χ0v) is 10.0. The summed E-state index contributed by atoms with van der Waals surface area (Å²) in [5, 5.41) is 0. The number of allylic oxidation sites excluding steroid dienone is 2. The van der Waals surface area contributed by atoms with Crippen molar-refractivity contribution in [3.63, 3.8) is 0 Å². The van der Waals surface area contributed by atoms with Crippen LogP contribution in [0.4, 0.5) is 0 Å². The Kier molecular flexibility index (Phi) is 4.03. The first-order valence-electron chi connectivity index (χ1n) is 6.23. The molecule has 1 aromatic carbocycles. The molecule has 0 spiro atoms. The molecule has 1 aliphatic carbocycles. The van der Waals surface area contributed by atoms with Crippen molar-refractivity contribution in [3.8, 4) is 5.75 Å². The van der Waals surface area contributed by atoms with Gasteiger partial charge in [-0.3, -0.25) is 0 Å². The third-order valence-electron chi connectivity index (χ3n) is 3.23. The van der Waals surface area contributed by atoms with Gasteiger partial charge in [0.1, 0.15) is 5.75 Å². The fourth-order valence-electron chi connectivity index (χ4n) is 2.28. The Morgan fingerprint density at radius 3 is 2.81 bits per heavy atom. The number of rotatable bonds is 2. The first kappa shape index (κ1) is 11.3. The van der Waals surface area contributed by atoms with Gasteiger partial charge in [-0.1, -0.05) is 31.1 Å². The minimum Gasteiger partial charge on any atom is -0.497 e. The Morgan fingerprint density at radius 2 is 1.94 bits per heavy atom. The fourth-order valence-corrected chi connectivity index (χ4v) is 2.28. The predicted molar refractivity (Wildman–Crippen MR) is 68.7 cm³/mol. The maximum Gasteiger partial charge on any atom is 0.119 e. The van der Waals surface area contributed by atoms with Gasteiger partial charge in [-0.05, 0) is 49.0 Å². The van der Waals surface area contributed by atoms with Crippen molar-refractivity contribution in [2.75, 3.05) is 7.11 Å². The standard InChI is InChI=1S/C15H20O/c1-16-15-11-7-10-14(12-15)13-8-5-3-2-4-6-9-13/h7-8,10-12H,2-6,9H2,1H3. The lowest BCUT2D eigenvalue weighted by Gasteiger charge is -2.12. The van der Waals surface area contributed by atoms with E-state index in [0.717, 1.165) is 5.75 Å². The van der Waals surface area contributed by atoms with Crippen LogP contribution < -0.4 is 4.74 Å². The molecule has 0 heterocycles. The van der Waals surface area contributed by atoms with Crippen LogP contribution in [0.15, 0.2) is 30.3 Å². The number of hydrogen-bond donors (Lipinski definition) is 0. The van der Waals surface area contributed by atoms with E-state index in [1.807, 2.05) is 6.07 Å². The molecule has 1 aliphatic rings. The van der Waals surface area contributed by atoms with Gasteiger partial charge in [0.25, 0.3) is 0 Å². The average Bonchev–Trinajstić information content (AvgIpc) is 2.29. The molecule has 86 valence electrons. The van der Waals surface area contributed by atoms with Crippen molar-refractivity contribution in [1.82, 2.24) is 0 Å². The number of methoxy groups -OCH3 is 1. The SMILES string of the molecule is COc1cccc(C2=CCCCCCC2)c1. The molecule has 16 heavy (non-hydrogen) atoms. The molecule has 1 aromatic rings. The van der Waals surface area contributed by atoms with Gasteiger partial charge in [0.05, 0.1) is 7.11 Å². The third-order valence-corrected chi connectivity index (χ3v) is 3.23. The largest absolute Gasteiger partial charge is 0.497 e. The molecule has 0 bridgehead atoms. The minimum atomic E-state index is 0.959. The summed E-state index contributed by atoms with van der Waals surface area (Å²) >= 11 is 0. The molecular formula is C15H20O. The van der Waals surface area contributed by atoms with Crippen LogP contribution in [0.5, 0.6) is 5.75 Å². The molecular weight excluding hydrogens is 196 g/mol. The molecule has 1 nitrogen and oxygen atoms in total. The van der Waals surface area contributed by atoms with Gasteiger partial charge in [0, 0.05) is 0 Å². The van der Waals surface area contributed by atoms with E-state index in [1.165, 1.54) is 49.7 Å². The molecule has 0 aliphatic heterocycles. The summed E-state index contributed by atoms with van der Waals surface area (Å²) in [6, 6.07) is 8.42. The van der Waals surface area contributed by atoms with Crippen LogP contribution in [0, 0.1) is 0 Å². The second kappa shape index (κ2) is 5.74. The van der Waals surface area contributed by atoms with Gasteiger partial charge in [-0.15, -0.1) is 0 Å². The molecule has 0 unspecified atom stereocenters. The van der Waals surface area contributed by atoms with Crippen molar-refractivity contribution in [2.45, 2.75) is 38.5 Å². The highest BCUT2D eigenvalue weighted by atomic mass is 16.5. The zero-order valence-electron chi connectivity index (χ0n) is 10.0. The Morgan fingerprint density at radius 1 is 1.06 bits per heavy atom. The summed E-state index contributed by atoms with van der Waals surface area (Å²) in [6.45, 7) is 0. The molecule has 0 aromatic heterocycles. The van der Waals surface area contributed by atoms with E-state index >= 15 is 0 Å². The molecule has 0 N–H and O–H groups in total. The maximum atomic E-state index is 5.27. The highest BCUT2D eigenvalue weighted by Crippen LogP contribution is 2.27. The lowest BCUT2D eigenvalue weighted by Crippen LogP contribution is -1.91. The van der Waals surface area contributed by atoms with E-state index in [1.54, 1.807) is 7.11 Å². The van der Waals surface area contributed by atoms with Crippen LogP contribution in [-0.2, 0) is 0 Å². The second-order valence-electron chi connectivity index (χ2n) is 4.41. The van der Waals surface area contributed by atoms with Gasteiger partial charge in [-0.25, -0.2) is 0 Å². The molecule has 0 atom stereocenters. The van der Waals surface area contributed by atoms with E-state index in [0.29, 0.717) is 0 Å². The van der Waals surface area contributed by atoms with Gasteiger partial charge < -0.3 is 4.74 Å². The van der Waals surface area contributed by atoms with Crippen molar-refractivity contribution < 1.29 is 4.74 Å².